The van der Waals surface area contributed by atoms with Crippen molar-refractivity contribution in [2.45, 2.75) is 26.8 Å². The summed E-state index contributed by atoms with van der Waals surface area (Å²) in [5.74, 6) is -0.694. The highest BCUT2D eigenvalue weighted by molar-refractivity contribution is 5.70. The Hall–Kier alpha value is -1.46. The van der Waals surface area contributed by atoms with Gasteiger partial charge in [0.1, 0.15) is 12.4 Å². The molecule has 0 saturated heterocycles. The van der Waals surface area contributed by atoms with E-state index in [4.69, 9.17) is 15.2 Å². The van der Waals surface area contributed by atoms with E-state index in [1.807, 2.05) is 0 Å². The average molecular weight is 269 g/mol. The van der Waals surface area contributed by atoms with Gasteiger partial charge in [0.15, 0.2) is 0 Å². The summed E-state index contributed by atoms with van der Waals surface area (Å²) in [6, 6.07) is 2.48. The Morgan fingerprint density at radius 2 is 1.95 bits per heavy atom. The smallest absolute Gasteiger partial charge is 0.332 e. The van der Waals surface area contributed by atoms with Crippen LogP contribution in [-0.2, 0) is 14.3 Å². The highest BCUT2D eigenvalue weighted by atomic mass is 19.1. The summed E-state index contributed by atoms with van der Waals surface area (Å²) in [5, 5.41) is 0. The van der Waals surface area contributed by atoms with Gasteiger partial charge in [0.25, 0.3) is 0 Å². The lowest BCUT2D eigenvalue weighted by Gasteiger charge is -2.17. The van der Waals surface area contributed by atoms with E-state index < -0.39 is 12.0 Å². The fraction of sp³-hybridized carbons (Fsp3) is 0.500. The summed E-state index contributed by atoms with van der Waals surface area (Å²) in [7, 11) is 0. The summed E-state index contributed by atoms with van der Waals surface area (Å²) < 4.78 is 23.1. The first-order valence-corrected chi connectivity index (χ1v) is 6.21. The van der Waals surface area contributed by atoms with Crippen LogP contribution < -0.4 is 5.73 Å². The van der Waals surface area contributed by atoms with Crippen LogP contribution >= 0.6 is 0 Å². The van der Waals surface area contributed by atoms with Gasteiger partial charge in [0.2, 0.25) is 0 Å². The fourth-order valence-corrected chi connectivity index (χ4v) is 2.06. The molecule has 19 heavy (non-hydrogen) atoms. The van der Waals surface area contributed by atoms with E-state index in [0.717, 1.165) is 16.7 Å². The van der Waals surface area contributed by atoms with E-state index in [2.05, 4.69) is 0 Å². The zero-order valence-corrected chi connectivity index (χ0v) is 11.5. The quantitative estimate of drug-likeness (QED) is 0.803. The predicted octanol–water partition coefficient (Wildman–Crippen LogP) is 2.02. The normalized spacial score (nSPS) is 12.3. The maximum atomic E-state index is 13.2. The van der Waals surface area contributed by atoms with Gasteiger partial charge in [-0.15, -0.1) is 0 Å². The lowest BCUT2D eigenvalue weighted by Crippen LogP contribution is -2.22. The zero-order chi connectivity index (χ0) is 14.4. The number of esters is 1. The number of benzene rings is 1. The molecule has 1 atom stereocenters. The molecule has 0 saturated carbocycles. The van der Waals surface area contributed by atoms with Gasteiger partial charge in [-0.1, -0.05) is 0 Å². The molecular weight excluding hydrogens is 249 g/mol. The number of ether oxygens (including phenoxy) is 2. The van der Waals surface area contributed by atoms with Crippen molar-refractivity contribution in [2.24, 2.45) is 5.73 Å². The van der Waals surface area contributed by atoms with Crippen LogP contribution in [-0.4, -0.2) is 25.8 Å². The van der Waals surface area contributed by atoms with Crippen molar-refractivity contribution in [3.63, 3.8) is 0 Å². The van der Waals surface area contributed by atoms with Crippen molar-refractivity contribution in [1.82, 2.24) is 0 Å². The van der Waals surface area contributed by atoms with Crippen molar-refractivity contribution in [3.8, 4) is 0 Å². The van der Waals surface area contributed by atoms with Crippen LogP contribution in [0.1, 0.15) is 29.7 Å². The molecule has 0 heterocycles. The first-order chi connectivity index (χ1) is 8.95. The molecule has 5 heteroatoms. The second-order valence-electron chi connectivity index (χ2n) is 4.38. The number of carbonyl (C=O) groups is 1. The fourth-order valence-electron chi connectivity index (χ4n) is 2.06. The second-order valence-corrected chi connectivity index (χ2v) is 4.38. The molecule has 0 fully saturated rings. The largest absolute Gasteiger partial charge is 0.464 e. The summed E-state index contributed by atoms with van der Waals surface area (Å²) in [5.41, 5.74) is 8.42. The molecular formula is C14H20FNO3. The Labute approximate surface area is 112 Å². The predicted molar refractivity (Wildman–Crippen MR) is 70.3 cm³/mol. The molecule has 0 radical (unpaired) electrons. The van der Waals surface area contributed by atoms with Crippen LogP contribution in [0.4, 0.5) is 4.39 Å². The highest BCUT2D eigenvalue weighted by Gasteiger charge is 2.14. The van der Waals surface area contributed by atoms with Crippen molar-refractivity contribution in [2.75, 3.05) is 19.8 Å². The van der Waals surface area contributed by atoms with E-state index in [0.29, 0.717) is 6.61 Å². The number of halogens is 1. The minimum Gasteiger partial charge on any atom is -0.464 e. The van der Waals surface area contributed by atoms with Crippen LogP contribution in [0.15, 0.2) is 12.1 Å². The summed E-state index contributed by atoms with van der Waals surface area (Å²) in [6.45, 7) is 5.72. The molecule has 1 aromatic carbocycles. The number of hydrogen-bond donors (Lipinski definition) is 1. The van der Waals surface area contributed by atoms with E-state index in [1.54, 1.807) is 20.8 Å². The van der Waals surface area contributed by atoms with Gasteiger partial charge in [0, 0.05) is 0 Å². The molecule has 2 N–H and O–H groups in total. The molecule has 106 valence electrons. The summed E-state index contributed by atoms with van der Waals surface area (Å²) >= 11 is 0. The molecule has 0 spiro atoms. The molecule has 0 aliphatic carbocycles. The highest BCUT2D eigenvalue weighted by Crippen LogP contribution is 2.21. The molecule has 1 aromatic rings. The molecule has 4 nitrogen and oxygen atoms in total. The molecule has 0 aromatic heterocycles. The van der Waals surface area contributed by atoms with E-state index >= 15 is 0 Å². The SMILES string of the molecule is CCOC(=O)COCC(N)c1c(C)cc(F)cc1C. The Bertz CT molecular complexity index is 425. The third-order valence-corrected chi connectivity index (χ3v) is 2.75. The van der Waals surface area contributed by atoms with Gasteiger partial charge < -0.3 is 15.2 Å². The third-order valence-electron chi connectivity index (χ3n) is 2.75. The third kappa shape index (κ3) is 4.61. The number of carbonyl (C=O) groups excluding carboxylic acids is 1. The molecule has 0 aliphatic rings. The Morgan fingerprint density at radius 3 is 2.47 bits per heavy atom. The zero-order valence-electron chi connectivity index (χ0n) is 11.5. The maximum absolute atomic E-state index is 13.2. The van der Waals surface area contributed by atoms with Gasteiger partial charge in [-0.2, -0.15) is 0 Å². The van der Waals surface area contributed by atoms with Crippen LogP contribution in [0, 0.1) is 19.7 Å². The Balaban J connectivity index is 2.59. The monoisotopic (exact) mass is 269 g/mol. The lowest BCUT2D eigenvalue weighted by atomic mass is 9.97. The number of rotatable bonds is 6. The van der Waals surface area contributed by atoms with Crippen molar-refractivity contribution < 1.29 is 18.7 Å². The van der Waals surface area contributed by atoms with Gasteiger partial charge in [-0.05, 0) is 49.6 Å². The summed E-state index contributed by atoms with van der Waals surface area (Å²) in [6.07, 6.45) is 0. The van der Waals surface area contributed by atoms with E-state index in [-0.39, 0.29) is 19.0 Å². The van der Waals surface area contributed by atoms with Crippen LogP contribution in [0.25, 0.3) is 0 Å². The lowest BCUT2D eigenvalue weighted by molar-refractivity contribution is -0.148. The topological polar surface area (TPSA) is 61.5 Å². The van der Waals surface area contributed by atoms with Crippen LogP contribution in [0.5, 0.6) is 0 Å². The van der Waals surface area contributed by atoms with Crippen LogP contribution in [0.2, 0.25) is 0 Å². The first-order valence-electron chi connectivity index (χ1n) is 6.21. The van der Waals surface area contributed by atoms with Crippen LogP contribution in [0.3, 0.4) is 0 Å². The Kier molecular flexibility index (Phi) is 5.92. The summed E-state index contributed by atoms with van der Waals surface area (Å²) in [4.78, 5) is 11.1. The van der Waals surface area contributed by atoms with Gasteiger partial charge in [-0.25, -0.2) is 9.18 Å². The molecule has 0 amide bonds. The minimum atomic E-state index is -0.415. The van der Waals surface area contributed by atoms with Gasteiger partial charge >= 0.3 is 5.97 Å². The molecule has 0 aliphatic heterocycles. The van der Waals surface area contributed by atoms with Crippen molar-refractivity contribution >= 4 is 5.97 Å². The van der Waals surface area contributed by atoms with Crippen molar-refractivity contribution in [1.29, 1.82) is 0 Å². The number of nitrogens with two attached hydrogens (primary N) is 1. The van der Waals surface area contributed by atoms with E-state index in [9.17, 15) is 9.18 Å². The maximum Gasteiger partial charge on any atom is 0.332 e. The molecule has 1 unspecified atom stereocenters. The number of hydrogen-bond acceptors (Lipinski definition) is 4. The molecule has 0 bridgehead atoms. The average Bonchev–Trinajstić information content (AvgIpc) is 2.27. The van der Waals surface area contributed by atoms with Gasteiger partial charge in [-0.3, -0.25) is 0 Å². The first kappa shape index (κ1) is 15.6. The van der Waals surface area contributed by atoms with E-state index in [1.165, 1.54) is 12.1 Å². The standard InChI is InChI=1S/C14H20FNO3/c1-4-19-13(17)8-18-7-12(16)14-9(2)5-11(15)6-10(14)3/h5-6,12H,4,7-8,16H2,1-3H3. The van der Waals surface area contributed by atoms with Gasteiger partial charge in [0.05, 0.1) is 19.3 Å². The van der Waals surface area contributed by atoms with Crippen molar-refractivity contribution in [3.05, 3.63) is 34.6 Å². The minimum absolute atomic E-state index is 0.124. The molecule has 1 rings (SSSR count). The Morgan fingerprint density at radius 1 is 1.37 bits per heavy atom. The number of aryl methyl sites for hydroxylation is 2. The second kappa shape index (κ2) is 7.21.